The molecule has 3 aromatic rings. The first-order valence-electron chi connectivity index (χ1n) is 9.66. The molecule has 1 aromatic carbocycles. The molecule has 27 heavy (non-hydrogen) atoms. The lowest BCUT2D eigenvalue weighted by Gasteiger charge is -2.17. The van der Waals surface area contributed by atoms with Gasteiger partial charge < -0.3 is 10.6 Å². The standard InChI is InChI=1S/C21H24N4OS/c1-13-16-9-19(20(26)24-11-15-7-8-18(22)17(15)12-24)27-21(16)25(23-13)10-14-5-3-2-4-6-14/h2-6,9,15,17-18H,7-8,10-12,22H2,1H3. The summed E-state index contributed by atoms with van der Waals surface area (Å²) in [6.07, 6.45) is 2.27. The molecule has 1 amide bonds. The first-order chi connectivity index (χ1) is 13.1. The summed E-state index contributed by atoms with van der Waals surface area (Å²) in [6, 6.07) is 12.6. The number of thiophene rings is 1. The van der Waals surface area contributed by atoms with E-state index in [0.29, 0.717) is 11.8 Å². The van der Waals surface area contributed by atoms with E-state index < -0.39 is 0 Å². The Kier molecular flexibility index (Phi) is 4.06. The normalized spacial score (nSPS) is 24.7. The third kappa shape index (κ3) is 2.87. The topological polar surface area (TPSA) is 64.2 Å². The highest BCUT2D eigenvalue weighted by Gasteiger charge is 2.42. The number of nitrogens with zero attached hydrogens (tertiary/aromatic N) is 3. The second-order valence-electron chi connectivity index (χ2n) is 7.93. The van der Waals surface area contributed by atoms with E-state index in [2.05, 4.69) is 17.2 Å². The van der Waals surface area contributed by atoms with Crippen molar-refractivity contribution < 1.29 is 4.79 Å². The second-order valence-corrected chi connectivity index (χ2v) is 8.96. The Balaban J connectivity index is 1.41. The number of fused-ring (bicyclic) bond motifs is 2. The minimum atomic E-state index is 0.156. The third-order valence-corrected chi connectivity index (χ3v) is 7.33. The number of aromatic nitrogens is 2. The van der Waals surface area contributed by atoms with E-state index in [0.717, 1.165) is 53.3 Å². The molecule has 140 valence electrons. The van der Waals surface area contributed by atoms with E-state index >= 15 is 0 Å². The lowest BCUT2D eigenvalue weighted by molar-refractivity contribution is 0.0784. The molecule has 3 heterocycles. The van der Waals surface area contributed by atoms with Gasteiger partial charge in [0, 0.05) is 24.5 Å². The molecule has 2 fully saturated rings. The van der Waals surface area contributed by atoms with Crippen molar-refractivity contribution in [3.05, 3.63) is 52.5 Å². The van der Waals surface area contributed by atoms with Gasteiger partial charge in [-0.05, 0) is 43.2 Å². The van der Waals surface area contributed by atoms with Gasteiger partial charge in [0.25, 0.3) is 5.91 Å². The average Bonchev–Trinajstić information content (AvgIpc) is 3.41. The summed E-state index contributed by atoms with van der Waals surface area (Å²) in [7, 11) is 0. The summed E-state index contributed by atoms with van der Waals surface area (Å²) in [5.41, 5.74) is 8.43. The van der Waals surface area contributed by atoms with Crippen molar-refractivity contribution in [2.24, 2.45) is 17.6 Å². The van der Waals surface area contributed by atoms with Gasteiger partial charge in [0.15, 0.2) is 0 Å². The maximum absolute atomic E-state index is 13.1. The molecule has 0 bridgehead atoms. The zero-order chi connectivity index (χ0) is 18.5. The smallest absolute Gasteiger partial charge is 0.264 e. The van der Waals surface area contributed by atoms with Crippen molar-refractivity contribution in [1.82, 2.24) is 14.7 Å². The molecule has 3 unspecified atom stereocenters. The zero-order valence-electron chi connectivity index (χ0n) is 15.5. The van der Waals surface area contributed by atoms with Crippen LogP contribution in [0.2, 0.25) is 0 Å². The molecule has 2 aromatic heterocycles. The van der Waals surface area contributed by atoms with Crippen LogP contribution in [0.1, 0.15) is 33.8 Å². The van der Waals surface area contributed by atoms with Crippen LogP contribution in [0.15, 0.2) is 36.4 Å². The monoisotopic (exact) mass is 380 g/mol. The molecule has 2 N–H and O–H groups in total. The highest BCUT2D eigenvalue weighted by molar-refractivity contribution is 7.20. The number of amides is 1. The van der Waals surface area contributed by atoms with Crippen LogP contribution in [0.25, 0.3) is 10.2 Å². The van der Waals surface area contributed by atoms with Crippen molar-refractivity contribution in [2.75, 3.05) is 13.1 Å². The second kappa shape index (κ2) is 6.46. The number of likely N-dealkylation sites (tertiary alicyclic amines) is 1. The lowest BCUT2D eigenvalue weighted by Crippen LogP contribution is -2.33. The number of aryl methyl sites for hydroxylation is 1. The predicted octanol–water partition coefficient (Wildman–Crippen LogP) is 3.26. The van der Waals surface area contributed by atoms with Gasteiger partial charge in [-0.15, -0.1) is 11.3 Å². The van der Waals surface area contributed by atoms with Crippen LogP contribution in [0.3, 0.4) is 0 Å². The summed E-state index contributed by atoms with van der Waals surface area (Å²) in [4.78, 5) is 17.0. The molecule has 5 nitrogen and oxygen atoms in total. The van der Waals surface area contributed by atoms with Gasteiger partial charge in [0.2, 0.25) is 0 Å². The molecule has 5 rings (SSSR count). The van der Waals surface area contributed by atoms with Crippen LogP contribution < -0.4 is 5.73 Å². The minimum absolute atomic E-state index is 0.156. The van der Waals surface area contributed by atoms with E-state index in [1.54, 1.807) is 11.3 Å². The van der Waals surface area contributed by atoms with E-state index in [-0.39, 0.29) is 11.9 Å². The van der Waals surface area contributed by atoms with Gasteiger partial charge in [-0.25, -0.2) is 0 Å². The molecule has 0 radical (unpaired) electrons. The predicted molar refractivity (Wildman–Crippen MR) is 108 cm³/mol. The maximum Gasteiger partial charge on any atom is 0.264 e. The van der Waals surface area contributed by atoms with E-state index in [4.69, 9.17) is 5.73 Å². The molecule has 0 spiro atoms. The third-order valence-electron chi connectivity index (χ3n) is 6.19. The van der Waals surface area contributed by atoms with Crippen LogP contribution in [-0.2, 0) is 6.54 Å². The SMILES string of the molecule is Cc1nn(Cc2ccccc2)c2sc(C(=O)N3CC4CCC(N)C4C3)cc12. The van der Waals surface area contributed by atoms with E-state index in [9.17, 15) is 4.79 Å². The maximum atomic E-state index is 13.1. The van der Waals surface area contributed by atoms with Gasteiger partial charge in [0.1, 0.15) is 4.83 Å². The number of carbonyl (C=O) groups is 1. The summed E-state index contributed by atoms with van der Waals surface area (Å²) >= 11 is 1.57. The Labute approximate surface area is 162 Å². The first-order valence-corrected chi connectivity index (χ1v) is 10.5. The Morgan fingerprint density at radius 1 is 1.26 bits per heavy atom. The molecule has 2 aliphatic rings. The number of rotatable bonds is 3. The fraction of sp³-hybridized carbons (Fsp3) is 0.429. The minimum Gasteiger partial charge on any atom is -0.337 e. The van der Waals surface area contributed by atoms with E-state index in [1.165, 1.54) is 5.56 Å². The average molecular weight is 381 g/mol. The van der Waals surface area contributed by atoms with Crippen LogP contribution >= 0.6 is 11.3 Å². The molecule has 1 aliphatic carbocycles. The molecule has 1 aliphatic heterocycles. The van der Waals surface area contributed by atoms with Crippen LogP contribution in [-0.4, -0.2) is 39.7 Å². The van der Waals surface area contributed by atoms with Crippen molar-refractivity contribution in [1.29, 1.82) is 0 Å². The molecule has 3 atom stereocenters. The number of benzene rings is 1. The van der Waals surface area contributed by atoms with Gasteiger partial charge in [-0.2, -0.15) is 5.10 Å². The fourth-order valence-electron chi connectivity index (χ4n) is 4.71. The van der Waals surface area contributed by atoms with Gasteiger partial charge in [-0.1, -0.05) is 30.3 Å². The summed E-state index contributed by atoms with van der Waals surface area (Å²) in [5.74, 6) is 1.23. The number of carbonyl (C=O) groups excluding carboxylic acids is 1. The number of nitrogens with two attached hydrogens (primary N) is 1. The van der Waals surface area contributed by atoms with E-state index in [1.807, 2.05) is 40.8 Å². The number of hydrogen-bond donors (Lipinski definition) is 1. The lowest BCUT2D eigenvalue weighted by atomic mass is 9.98. The Bertz CT molecular complexity index is 992. The van der Waals surface area contributed by atoms with Crippen LogP contribution in [0, 0.1) is 18.8 Å². The molecular formula is C21H24N4OS. The Hall–Kier alpha value is -2.18. The van der Waals surface area contributed by atoms with Crippen molar-refractivity contribution >= 4 is 27.5 Å². The van der Waals surface area contributed by atoms with Crippen molar-refractivity contribution in [3.8, 4) is 0 Å². The van der Waals surface area contributed by atoms with Crippen LogP contribution in [0.5, 0.6) is 0 Å². The van der Waals surface area contributed by atoms with Crippen molar-refractivity contribution in [2.45, 2.75) is 32.4 Å². The summed E-state index contributed by atoms with van der Waals surface area (Å²) in [6.45, 7) is 4.42. The van der Waals surface area contributed by atoms with Gasteiger partial charge in [0.05, 0.1) is 17.1 Å². The van der Waals surface area contributed by atoms with Crippen LogP contribution in [0.4, 0.5) is 0 Å². The van der Waals surface area contributed by atoms with Crippen molar-refractivity contribution in [3.63, 3.8) is 0 Å². The van der Waals surface area contributed by atoms with Gasteiger partial charge >= 0.3 is 0 Å². The quantitative estimate of drug-likeness (QED) is 0.758. The van der Waals surface area contributed by atoms with Gasteiger partial charge in [-0.3, -0.25) is 9.48 Å². The highest BCUT2D eigenvalue weighted by Crippen LogP contribution is 2.38. The molecule has 6 heteroatoms. The Morgan fingerprint density at radius 2 is 2.07 bits per heavy atom. The first kappa shape index (κ1) is 17.0. The molecule has 1 saturated heterocycles. The largest absolute Gasteiger partial charge is 0.337 e. The summed E-state index contributed by atoms with van der Waals surface area (Å²) in [5, 5.41) is 5.78. The molecular weight excluding hydrogens is 356 g/mol. The highest BCUT2D eigenvalue weighted by atomic mass is 32.1. The fourth-order valence-corrected chi connectivity index (χ4v) is 5.84. The number of hydrogen-bond acceptors (Lipinski definition) is 4. The zero-order valence-corrected chi connectivity index (χ0v) is 16.3. The Morgan fingerprint density at radius 3 is 2.85 bits per heavy atom. The summed E-state index contributed by atoms with van der Waals surface area (Å²) < 4.78 is 2.02. The molecule has 1 saturated carbocycles.